The molecular formula is C16H16N4O. The molecule has 1 saturated carbocycles. The number of nitrogens with zero attached hydrogens (tertiary/aromatic N) is 2. The number of carbonyl (C=O) groups excluding carboxylic acids is 1. The number of hydrogen-bond acceptors (Lipinski definition) is 3. The highest BCUT2D eigenvalue weighted by atomic mass is 16.2. The topological polar surface area (TPSA) is 58.4 Å². The van der Waals surface area contributed by atoms with Gasteiger partial charge in [-0.15, -0.1) is 6.42 Å². The Kier molecular flexibility index (Phi) is 2.72. The van der Waals surface area contributed by atoms with Crippen molar-refractivity contribution < 1.29 is 4.79 Å². The van der Waals surface area contributed by atoms with E-state index in [9.17, 15) is 4.79 Å². The Balaban J connectivity index is 1.55. The molecule has 2 aromatic heterocycles. The zero-order valence-electron chi connectivity index (χ0n) is 11.5. The van der Waals surface area contributed by atoms with Crippen LogP contribution in [0, 0.1) is 18.3 Å². The lowest BCUT2D eigenvalue weighted by atomic mass is 10.1. The molecule has 2 bridgehead atoms. The largest absolute Gasteiger partial charge is 0.346 e. The molecule has 3 heterocycles. The van der Waals surface area contributed by atoms with Gasteiger partial charge in [-0.05, 0) is 31.4 Å². The second-order valence-corrected chi connectivity index (χ2v) is 5.87. The van der Waals surface area contributed by atoms with Gasteiger partial charge in [0.25, 0.3) is 5.91 Å². The summed E-state index contributed by atoms with van der Waals surface area (Å²) in [7, 11) is 0. The summed E-state index contributed by atoms with van der Waals surface area (Å²) in [6.07, 6.45) is 12.9. The smallest absolute Gasteiger partial charge is 0.271 e. The predicted octanol–water partition coefficient (Wildman–Crippen LogP) is 0.796. The standard InChI is InChI=1S/C16H16N4O/c1-2-11-3-4-20-9-14(18-8-15(11)20)16(21)19-13-6-10-5-12(13)17-7-10/h1,3-4,8-10,12-13,17H,5-7H2,(H,19,21). The number of carbonyl (C=O) groups is 1. The van der Waals surface area contributed by atoms with E-state index in [1.54, 1.807) is 12.4 Å². The lowest BCUT2D eigenvalue weighted by molar-refractivity contribution is 0.0923. The Labute approximate surface area is 122 Å². The van der Waals surface area contributed by atoms with E-state index in [1.165, 1.54) is 6.42 Å². The van der Waals surface area contributed by atoms with Crippen molar-refractivity contribution in [2.45, 2.75) is 24.9 Å². The Morgan fingerprint density at radius 1 is 1.52 bits per heavy atom. The van der Waals surface area contributed by atoms with Gasteiger partial charge in [-0.1, -0.05) is 5.92 Å². The van der Waals surface area contributed by atoms with Gasteiger partial charge in [-0.25, -0.2) is 4.98 Å². The minimum absolute atomic E-state index is 0.118. The first-order valence-corrected chi connectivity index (χ1v) is 7.22. The van der Waals surface area contributed by atoms with Crippen LogP contribution in [-0.4, -0.2) is 33.9 Å². The number of hydrogen-bond donors (Lipinski definition) is 2. The van der Waals surface area contributed by atoms with Crippen molar-refractivity contribution in [1.29, 1.82) is 0 Å². The average molecular weight is 280 g/mol. The highest BCUT2D eigenvalue weighted by Gasteiger charge is 2.40. The molecule has 1 saturated heterocycles. The van der Waals surface area contributed by atoms with Gasteiger partial charge >= 0.3 is 0 Å². The molecule has 1 aliphatic carbocycles. The minimum Gasteiger partial charge on any atom is -0.346 e. The summed E-state index contributed by atoms with van der Waals surface area (Å²) >= 11 is 0. The van der Waals surface area contributed by atoms with Crippen molar-refractivity contribution in [3.05, 3.63) is 35.9 Å². The van der Waals surface area contributed by atoms with Crippen molar-refractivity contribution in [2.75, 3.05) is 6.54 Å². The number of aromatic nitrogens is 2. The van der Waals surface area contributed by atoms with Crippen LogP contribution in [0.25, 0.3) is 5.52 Å². The van der Waals surface area contributed by atoms with Crippen molar-refractivity contribution in [3.63, 3.8) is 0 Å². The quantitative estimate of drug-likeness (QED) is 0.800. The third kappa shape index (κ3) is 1.99. The van der Waals surface area contributed by atoms with Gasteiger partial charge in [-0.2, -0.15) is 0 Å². The molecule has 3 atom stereocenters. The molecule has 1 aliphatic heterocycles. The van der Waals surface area contributed by atoms with Gasteiger partial charge in [-0.3, -0.25) is 4.79 Å². The summed E-state index contributed by atoms with van der Waals surface area (Å²) in [5, 5.41) is 6.54. The van der Waals surface area contributed by atoms with Crippen molar-refractivity contribution in [3.8, 4) is 12.3 Å². The van der Waals surface area contributed by atoms with Crippen molar-refractivity contribution >= 4 is 11.4 Å². The van der Waals surface area contributed by atoms with E-state index in [1.807, 2.05) is 16.7 Å². The SMILES string of the molecule is C#Cc1ccn2cc(C(=O)NC3CC4CNC3C4)ncc12. The molecule has 0 spiro atoms. The Morgan fingerprint density at radius 3 is 3.14 bits per heavy atom. The molecular weight excluding hydrogens is 264 g/mol. The monoisotopic (exact) mass is 280 g/mol. The van der Waals surface area contributed by atoms with Gasteiger partial charge in [0.1, 0.15) is 5.69 Å². The molecule has 2 fully saturated rings. The van der Waals surface area contributed by atoms with Crippen LogP contribution < -0.4 is 10.6 Å². The fourth-order valence-corrected chi connectivity index (χ4v) is 3.50. The third-order valence-electron chi connectivity index (χ3n) is 4.58. The van der Waals surface area contributed by atoms with Gasteiger partial charge in [0, 0.05) is 24.5 Å². The first kappa shape index (κ1) is 12.4. The fourth-order valence-electron chi connectivity index (χ4n) is 3.50. The van der Waals surface area contributed by atoms with E-state index in [4.69, 9.17) is 6.42 Å². The predicted molar refractivity (Wildman–Crippen MR) is 78.9 cm³/mol. The van der Waals surface area contributed by atoms with Gasteiger partial charge in [0.05, 0.1) is 17.3 Å². The molecule has 0 aromatic carbocycles. The maximum atomic E-state index is 12.3. The first-order valence-electron chi connectivity index (χ1n) is 7.22. The summed E-state index contributed by atoms with van der Waals surface area (Å²) in [6, 6.07) is 2.49. The summed E-state index contributed by atoms with van der Waals surface area (Å²) in [6.45, 7) is 1.08. The molecule has 1 amide bonds. The van der Waals surface area contributed by atoms with Crippen molar-refractivity contribution in [1.82, 2.24) is 20.0 Å². The van der Waals surface area contributed by atoms with E-state index in [0.717, 1.165) is 24.0 Å². The highest BCUT2D eigenvalue weighted by Crippen LogP contribution is 2.31. The maximum absolute atomic E-state index is 12.3. The number of terminal acetylenes is 1. The number of amides is 1. The van der Waals surface area contributed by atoms with E-state index >= 15 is 0 Å². The van der Waals surface area contributed by atoms with E-state index < -0.39 is 0 Å². The Bertz CT molecular complexity index is 757. The maximum Gasteiger partial charge on any atom is 0.271 e. The molecule has 5 heteroatoms. The minimum atomic E-state index is -0.118. The van der Waals surface area contributed by atoms with Crippen LogP contribution in [0.3, 0.4) is 0 Å². The van der Waals surface area contributed by atoms with Crippen LogP contribution in [0.1, 0.15) is 28.9 Å². The summed E-state index contributed by atoms with van der Waals surface area (Å²) in [5.41, 5.74) is 2.05. The molecule has 3 unspecified atom stereocenters. The van der Waals surface area contributed by atoms with Crippen LogP contribution >= 0.6 is 0 Å². The van der Waals surface area contributed by atoms with Gasteiger partial charge in [0.15, 0.2) is 0 Å². The average Bonchev–Trinajstić information content (AvgIpc) is 3.21. The highest BCUT2D eigenvalue weighted by molar-refractivity contribution is 5.92. The second-order valence-electron chi connectivity index (χ2n) is 5.87. The molecule has 21 heavy (non-hydrogen) atoms. The first-order chi connectivity index (χ1) is 10.2. The fraction of sp³-hybridized carbons (Fsp3) is 0.375. The van der Waals surface area contributed by atoms with Crippen molar-refractivity contribution in [2.24, 2.45) is 5.92 Å². The molecule has 2 aliphatic rings. The number of piperidine rings is 1. The summed E-state index contributed by atoms with van der Waals surface area (Å²) in [5.74, 6) is 3.19. The third-order valence-corrected chi connectivity index (χ3v) is 4.58. The lowest BCUT2D eigenvalue weighted by Crippen LogP contribution is -2.48. The van der Waals surface area contributed by atoms with E-state index in [0.29, 0.717) is 17.7 Å². The number of fused-ring (bicyclic) bond motifs is 3. The Hall–Kier alpha value is -2.32. The van der Waals surface area contributed by atoms with Crippen LogP contribution in [0.5, 0.6) is 0 Å². The zero-order valence-corrected chi connectivity index (χ0v) is 11.5. The summed E-state index contributed by atoms with van der Waals surface area (Å²) in [4.78, 5) is 16.6. The molecule has 5 nitrogen and oxygen atoms in total. The van der Waals surface area contributed by atoms with E-state index in [2.05, 4.69) is 21.5 Å². The zero-order chi connectivity index (χ0) is 14.4. The van der Waals surface area contributed by atoms with E-state index in [-0.39, 0.29) is 11.9 Å². The molecule has 4 rings (SSSR count). The van der Waals surface area contributed by atoms with Crippen LogP contribution in [-0.2, 0) is 0 Å². The molecule has 106 valence electrons. The number of rotatable bonds is 2. The molecule has 0 radical (unpaired) electrons. The second kappa shape index (κ2) is 4.61. The Morgan fingerprint density at radius 2 is 2.43 bits per heavy atom. The van der Waals surface area contributed by atoms with Gasteiger partial charge in [0.2, 0.25) is 0 Å². The van der Waals surface area contributed by atoms with Crippen LogP contribution in [0.4, 0.5) is 0 Å². The van der Waals surface area contributed by atoms with Gasteiger partial charge < -0.3 is 15.0 Å². The summed E-state index contributed by atoms with van der Waals surface area (Å²) < 4.78 is 1.84. The molecule has 2 aromatic rings. The molecule has 2 N–H and O–H groups in total. The number of nitrogens with one attached hydrogen (secondary N) is 2. The lowest BCUT2D eigenvalue weighted by Gasteiger charge is -2.23. The normalized spacial score (nSPS) is 26.9. The van der Waals surface area contributed by atoms with Crippen LogP contribution in [0.2, 0.25) is 0 Å². The van der Waals surface area contributed by atoms with Crippen LogP contribution in [0.15, 0.2) is 24.7 Å².